The summed E-state index contributed by atoms with van der Waals surface area (Å²) in [5.74, 6) is 0.841. The van der Waals surface area contributed by atoms with Crippen LogP contribution in [0.25, 0.3) is 0 Å². The molecule has 0 spiro atoms. The lowest BCUT2D eigenvalue weighted by Gasteiger charge is -2.04. The van der Waals surface area contributed by atoms with E-state index in [2.05, 4.69) is 15.3 Å². The maximum atomic E-state index is 12.9. The van der Waals surface area contributed by atoms with Gasteiger partial charge in [0.05, 0.1) is 6.54 Å². The lowest BCUT2D eigenvalue weighted by Crippen LogP contribution is -2.15. The highest BCUT2D eigenvalue weighted by atomic mass is 19.1. The minimum absolute atomic E-state index is 0.232. The van der Waals surface area contributed by atoms with Gasteiger partial charge in [0, 0.05) is 12.7 Å². The summed E-state index contributed by atoms with van der Waals surface area (Å²) in [7, 11) is 0. The normalized spacial score (nSPS) is 10.4. The van der Waals surface area contributed by atoms with Crippen molar-refractivity contribution < 1.29 is 4.39 Å². The summed E-state index contributed by atoms with van der Waals surface area (Å²) >= 11 is 0. The fraction of sp³-hybridized carbons (Fsp3) is 0.167. The molecular weight excluding hydrogens is 219 g/mol. The summed E-state index contributed by atoms with van der Waals surface area (Å²) in [4.78, 5) is 8.11. The van der Waals surface area contributed by atoms with Crippen LogP contribution in [0.1, 0.15) is 11.4 Å². The second-order valence-electron chi connectivity index (χ2n) is 3.63. The largest absolute Gasteiger partial charge is 0.384 e. The first-order valence-corrected chi connectivity index (χ1v) is 5.26. The smallest absolute Gasteiger partial charge is 0.144 e. The molecule has 1 heterocycles. The maximum absolute atomic E-state index is 12.9. The van der Waals surface area contributed by atoms with Gasteiger partial charge in [-0.05, 0) is 23.8 Å². The number of benzene rings is 1. The molecule has 0 aliphatic carbocycles. The molecule has 5 heteroatoms. The first-order chi connectivity index (χ1) is 8.24. The Morgan fingerprint density at radius 3 is 2.88 bits per heavy atom. The van der Waals surface area contributed by atoms with E-state index in [1.807, 2.05) is 6.07 Å². The number of nitrogens with zero attached hydrogens (tertiary/aromatic N) is 2. The van der Waals surface area contributed by atoms with Crippen LogP contribution >= 0.6 is 0 Å². The molecule has 0 radical (unpaired) electrons. The number of nitrogens with two attached hydrogens (primary N) is 1. The summed E-state index contributed by atoms with van der Waals surface area (Å²) in [6, 6.07) is 8.09. The van der Waals surface area contributed by atoms with E-state index >= 15 is 0 Å². The Kier molecular flexibility index (Phi) is 3.62. The van der Waals surface area contributed by atoms with E-state index in [4.69, 9.17) is 5.73 Å². The Morgan fingerprint density at radius 1 is 1.24 bits per heavy atom. The van der Waals surface area contributed by atoms with E-state index in [1.165, 1.54) is 12.1 Å². The molecule has 0 aliphatic heterocycles. The third-order valence-electron chi connectivity index (χ3n) is 2.23. The van der Waals surface area contributed by atoms with Gasteiger partial charge in [0.15, 0.2) is 0 Å². The molecule has 0 aliphatic rings. The number of hydrogen-bond acceptors (Lipinski definition) is 4. The Morgan fingerprint density at radius 2 is 2.12 bits per heavy atom. The molecule has 1 aromatic carbocycles. The molecule has 2 rings (SSSR count). The van der Waals surface area contributed by atoms with Crippen molar-refractivity contribution in [2.45, 2.75) is 13.1 Å². The van der Waals surface area contributed by atoms with Gasteiger partial charge in [-0.15, -0.1) is 0 Å². The average Bonchev–Trinajstić information content (AvgIpc) is 2.29. The van der Waals surface area contributed by atoms with Crippen LogP contribution in [-0.4, -0.2) is 9.97 Å². The minimum atomic E-state index is -0.232. The summed E-state index contributed by atoms with van der Waals surface area (Å²) in [6.45, 7) is 1.07. The third-order valence-corrected chi connectivity index (χ3v) is 2.23. The van der Waals surface area contributed by atoms with Gasteiger partial charge in [-0.3, -0.25) is 0 Å². The van der Waals surface area contributed by atoms with Gasteiger partial charge in [0.2, 0.25) is 0 Å². The number of rotatable bonds is 4. The molecule has 0 bridgehead atoms. The molecule has 0 saturated carbocycles. The van der Waals surface area contributed by atoms with E-state index in [1.54, 1.807) is 18.3 Å². The van der Waals surface area contributed by atoms with Crippen LogP contribution in [0.2, 0.25) is 0 Å². The maximum Gasteiger partial charge on any atom is 0.144 e. The van der Waals surface area contributed by atoms with Gasteiger partial charge in [-0.2, -0.15) is 0 Å². The van der Waals surface area contributed by atoms with Crippen LogP contribution in [0, 0.1) is 5.82 Å². The van der Waals surface area contributed by atoms with Gasteiger partial charge < -0.3 is 11.1 Å². The Balaban J connectivity index is 1.87. The SMILES string of the molecule is Nc1ccnc(CNCc2cccc(F)c2)n1. The zero-order valence-corrected chi connectivity index (χ0v) is 9.23. The van der Waals surface area contributed by atoms with E-state index in [0.717, 1.165) is 5.56 Å². The van der Waals surface area contributed by atoms with Crippen LogP contribution < -0.4 is 11.1 Å². The van der Waals surface area contributed by atoms with Gasteiger partial charge in [0.25, 0.3) is 0 Å². The molecule has 4 nitrogen and oxygen atoms in total. The Labute approximate surface area is 98.7 Å². The molecule has 17 heavy (non-hydrogen) atoms. The highest BCUT2D eigenvalue weighted by Crippen LogP contribution is 2.03. The average molecular weight is 232 g/mol. The number of nitrogen functional groups attached to an aromatic ring is 1. The zero-order chi connectivity index (χ0) is 12.1. The van der Waals surface area contributed by atoms with Crippen LogP contribution in [0.3, 0.4) is 0 Å². The van der Waals surface area contributed by atoms with Crippen molar-refractivity contribution in [2.24, 2.45) is 0 Å². The molecule has 0 saturated heterocycles. The van der Waals surface area contributed by atoms with Crippen LogP contribution in [0.5, 0.6) is 0 Å². The summed E-state index contributed by atoms with van der Waals surface area (Å²) in [5.41, 5.74) is 6.42. The Hall–Kier alpha value is -2.01. The van der Waals surface area contributed by atoms with E-state index in [9.17, 15) is 4.39 Å². The van der Waals surface area contributed by atoms with Gasteiger partial charge >= 0.3 is 0 Å². The van der Waals surface area contributed by atoms with E-state index < -0.39 is 0 Å². The number of nitrogens with one attached hydrogen (secondary N) is 1. The summed E-state index contributed by atoms with van der Waals surface area (Å²) < 4.78 is 12.9. The van der Waals surface area contributed by atoms with E-state index in [-0.39, 0.29) is 5.82 Å². The molecule has 0 amide bonds. The van der Waals surface area contributed by atoms with Crippen LogP contribution in [0.4, 0.5) is 10.2 Å². The zero-order valence-electron chi connectivity index (χ0n) is 9.23. The van der Waals surface area contributed by atoms with Gasteiger partial charge in [-0.1, -0.05) is 12.1 Å². The third kappa shape index (κ3) is 3.49. The first kappa shape index (κ1) is 11.5. The monoisotopic (exact) mass is 232 g/mol. The summed E-state index contributed by atoms with van der Waals surface area (Å²) in [6.07, 6.45) is 1.61. The topological polar surface area (TPSA) is 63.8 Å². The Bertz CT molecular complexity index is 456. The fourth-order valence-electron chi connectivity index (χ4n) is 1.47. The number of aromatic nitrogens is 2. The van der Waals surface area contributed by atoms with Crippen molar-refractivity contribution in [2.75, 3.05) is 5.73 Å². The standard InChI is InChI=1S/C12H13FN4/c13-10-3-1-2-9(6-10)7-15-8-12-16-5-4-11(14)17-12/h1-6,15H,7-8H2,(H2,14,16,17). The lowest BCUT2D eigenvalue weighted by molar-refractivity contribution is 0.617. The molecule has 1 aromatic heterocycles. The quantitative estimate of drug-likeness (QED) is 0.838. The molecule has 0 atom stereocenters. The van der Waals surface area contributed by atoms with Crippen molar-refractivity contribution in [3.05, 3.63) is 53.7 Å². The molecule has 88 valence electrons. The van der Waals surface area contributed by atoms with Crippen molar-refractivity contribution in [3.63, 3.8) is 0 Å². The molecular formula is C12H13FN4. The lowest BCUT2D eigenvalue weighted by atomic mass is 10.2. The fourth-order valence-corrected chi connectivity index (χ4v) is 1.47. The van der Waals surface area contributed by atoms with Crippen molar-refractivity contribution in [3.8, 4) is 0 Å². The van der Waals surface area contributed by atoms with Crippen LogP contribution in [0.15, 0.2) is 36.5 Å². The van der Waals surface area contributed by atoms with Gasteiger partial charge in [-0.25, -0.2) is 14.4 Å². The van der Waals surface area contributed by atoms with Crippen molar-refractivity contribution in [1.82, 2.24) is 15.3 Å². The van der Waals surface area contributed by atoms with Crippen molar-refractivity contribution >= 4 is 5.82 Å². The number of anilines is 1. The predicted molar refractivity (Wildman–Crippen MR) is 63.4 cm³/mol. The number of halogens is 1. The molecule has 0 unspecified atom stereocenters. The predicted octanol–water partition coefficient (Wildman–Crippen LogP) is 1.49. The minimum Gasteiger partial charge on any atom is -0.384 e. The number of hydrogen-bond donors (Lipinski definition) is 2. The molecule has 3 N–H and O–H groups in total. The summed E-state index contributed by atoms with van der Waals surface area (Å²) in [5, 5.41) is 3.13. The second kappa shape index (κ2) is 5.36. The second-order valence-corrected chi connectivity index (χ2v) is 3.63. The highest BCUT2D eigenvalue weighted by Gasteiger charge is 1.98. The van der Waals surface area contributed by atoms with Gasteiger partial charge in [0.1, 0.15) is 17.5 Å². The molecule has 0 fully saturated rings. The highest BCUT2D eigenvalue weighted by molar-refractivity contribution is 5.25. The molecule has 2 aromatic rings. The van der Waals surface area contributed by atoms with Crippen LogP contribution in [-0.2, 0) is 13.1 Å². The van der Waals surface area contributed by atoms with Crippen molar-refractivity contribution in [1.29, 1.82) is 0 Å². The first-order valence-electron chi connectivity index (χ1n) is 5.26. The van der Waals surface area contributed by atoms with E-state index in [0.29, 0.717) is 24.7 Å².